The SMILES string of the molecule is CCCCCCCCCCC(CCCCCCC)C1CC(=O)OC1=O. The Kier molecular flexibility index (Phi) is 12.7. The van der Waals surface area contributed by atoms with Crippen LogP contribution in [-0.2, 0) is 14.3 Å². The fourth-order valence-electron chi connectivity index (χ4n) is 3.95. The number of unbranched alkanes of at least 4 members (excludes halogenated alkanes) is 11. The van der Waals surface area contributed by atoms with Gasteiger partial charge >= 0.3 is 11.9 Å². The Labute approximate surface area is 155 Å². The topological polar surface area (TPSA) is 43.4 Å². The summed E-state index contributed by atoms with van der Waals surface area (Å²) in [4.78, 5) is 23.4. The van der Waals surface area contributed by atoms with Crippen LogP contribution < -0.4 is 0 Å². The van der Waals surface area contributed by atoms with Gasteiger partial charge in [-0.1, -0.05) is 97.3 Å². The summed E-state index contributed by atoms with van der Waals surface area (Å²) in [6, 6.07) is 0. The lowest BCUT2D eigenvalue weighted by molar-refractivity contribution is -0.153. The molecule has 25 heavy (non-hydrogen) atoms. The van der Waals surface area contributed by atoms with Crippen molar-refractivity contribution >= 4 is 11.9 Å². The van der Waals surface area contributed by atoms with Crippen molar-refractivity contribution in [2.75, 3.05) is 0 Å². The van der Waals surface area contributed by atoms with Gasteiger partial charge in [-0.05, 0) is 18.8 Å². The fourth-order valence-corrected chi connectivity index (χ4v) is 3.95. The van der Waals surface area contributed by atoms with Crippen molar-refractivity contribution in [2.24, 2.45) is 11.8 Å². The molecule has 146 valence electrons. The molecule has 1 rings (SSSR count). The third-order valence-corrected chi connectivity index (χ3v) is 5.58. The highest BCUT2D eigenvalue weighted by molar-refractivity contribution is 5.94. The van der Waals surface area contributed by atoms with Gasteiger partial charge in [0.2, 0.25) is 0 Å². The Morgan fingerprint density at radius 3 is 1.60 bits per heavy atom. The van der Waals surface area contributed by atoms with E-state index >= 15 is 0 Å². The highest BCUT2D eigenvalue weighted by Gasteiger charge is 2.38. The molecule has 1 heterocycles. The maximum atomic E-state index is 12.0. The predicted molar refractivity (Wildman–Crippen MR) is 103 cm³/mol. The number of carbonyl (C=O) groups excluding carboxylic acids is 2. The Balaban J connectivity index is 2.25. The molecular weight excluding hydrogens is 312 g/mol. The Morgan fingerprint density at radius 1 is 0.760 bits per heavy atom. The summed E-state index contributed by atoms with van der Waals surface area (Å²) in [5, 5.41) is 0. The molecule has 0 aromatic heterocycles. The van der Waals surface area contributed by atoms with Crippen LogP contribution in [0.2, 0.25) is 0 Å². The van der Waals surface area contributed by atoms with Crippen molar-refractivity contribution in [2.45, 2.75) is 117 Å². The summed E-state index contributed by atoms with van der Waals surface area (Å²) < 4.78 is 4.80. The van der Waals surface area contributed by atoms with Gasteiger partial charge in [0.15, 0.2) is 0 Å². The molecule has 0 amide bonds. The quantitative estimate of drug-likeness (QED) is 0.179. The highest BCUT2D eigenvalue weighted by atomic mass is 16.6. The predicted octanol–water partition coefficient (Wildman–Crippen LogP) is 6.58. The molecule has 3 nitrogen and oxygen atoms in total. The first-order valence-electron chi connectivity index (χ1n) is 10.9. The molecule has 2 unspecified atom stereocenters. The zero-order valence-corrected chi connectivity index (χ0v) is 16.7. The smallest absolute Gasteiger partial charge is 0.317 e. The molecule has 3 heteroatoms. The standard InChI is InChI=1S/C22H40O3/c1-3-5-7-9-10-11-13-15-17-19(16-14-12-8-6-4-2)20-18-21(23)25-22(20)24/h19-20H,3-18H2,1-2H3. The summed E-state index contributed by atoms with van der Waals surface area (Å²) >= 11 is 0. The third kappa shape index (κ3) is 10.0. The van der Waals surface area contributed by atoms with Crippen LogP contribution in [0.5, 0.6) is 0 Å². The summed E-state index contributed by atoms with van der Waals surface area (Å²) in [6.45, 7) is 4.48. The van der Waals surface area contributed by atoms with Crippen molar-refractivity contribution in [3.63, 3.8) is 0 Å². The van der Waals surface area contributed by atoms with Gasteiger partial charge in [0.1, 0.15) is 0 Å². The first-order chi connectivity index (χ1) is 12.2. The van der Waals surface area contributed by atoms with E-state index in [1.54, 1.807) is 0 Å². The summed E-state index contributed by atoms with van der Waals surface area (Å²) in [7, 11) is 0. The maximum Gasteiger partial charge on any atom is 0.317 e. The van der Waals surface area contributed by atoms with Crippen LogP contribution in [0.15, 0.2) is 0 Å². The van der Waals surface area contributed by atoms with E-state index in [9.17, 15) is 9.59 Å². The second-order valence-electron chi connectivity index (χ2n) is 7.83. The second kappa shape index (κ2) is 14.3. The normalized spacial score (nSPS) is 18.6. The first-order valence-corrected chi connectivity index (χ1v) is 10.9. The molecule has 0 aromatic rings. The van der Waals surface area contributed by atoms with Crippen LogP contribution in [0, 0.1) is 11.8 Å². The van der Waals surface area contributed by atoms with E-state index in [1.165, 1.54) is 83.5 Å². The molecule has 0 N–H and O–H groups in total. The lowest BCUT2D eigenvalue weighted by Crippen LogP contribution is -2.19. The number of hydrogen-bond donors (Lipinski definition) is 0. The molecule has 0 aromatic carbocycles. The summed E-state index contributed by atoms with van der Waals surface area (Å²) in [6.07, 6.45) is 19.2. The van der Waals surface area contributed by atoms with Crippen LogP contribution in [0.3, 0.4) is 0 Å². The number of rotatable bonds is 16. The lowest BCUT2D eigenvalue weighted by atomic mass is 9.82. The van der Waals surface area contributed by atoms with E-state index in [-0.39, 0.29) is 17.9 Å². The van der Waals surface area contributed by atoms with E-state index in [4.69, 9.17) is 4.74 Å². The van der Waals surface area contributed by atoms with Crippen molar-refractivity contribution in [3.8, 4) is 0 Å². The van der Waals surface area contributed by atoms with Crippen molar-refractivity contribution in [1.82, 2.24) is 0 Å². The van der Waals surface area contributed by atoms with Gasteiger partial charge in [-0.15, -0.1) is 0 Å². The molecule has 2 atom stereocenters. The van der Waals surface area contributed by atoms with Gasteiger partial charge in [0, 0.05) is 0 Å². The molecule has 1 aliphatic heterocycles. The Bertz CT molecular complexity index is 364. The molecule has 1 aliphatic rings. The molecular formula is C22H40O3. The minimum absolute atomic E-state index is 0.164. The zero-order valence-electron chi connectivity index (χ0n) is 16.7. The average molecular weight is 353 g/mol. The van der Waals surface area contributed by atoms with Gasteiger partial charge in [-0.3, -0.25) is 9.59 Å². The first kappa shape index (κ1) is 22.2. The summed E-state index contributed by atoms with van der Waals surface area (Å²) in [5.41, 5.74) is 0. The van der Waals surface area contributed by atoms with Crippen molar-refractivity contribution < 1.29 is 14.3 Å². The van der Waals surface area contributed by atoms with E-state index in [0.29, 0.717) is 12.3 Å². The van der Waals surface area contributed by atoms with Gasteiger partial charge in [0.05, 0.1) is 12.3 Å². The largest absolute Gasteiger partial charge is 0.393 e. The average Bonchev–Trinajstić information content (AvgIpc) is 2.93. The molecule has 1 saturated heterocycles. The monoisotopic (exact) mass is 352 g/mol. The van der Waals surface area contributed by atoms with Gasteiger partial charge in [-0.2, -0.15) is 0 Å². The number of carbonyl (C=O) groups is 2. The number of esters is 2. The third-order valence-electron chi connectivity index (χ3n) is 5.58. The molecule has 1 fully saturated rings. The number of hydrogen-bond acceptors (Lipinski definition) is 3. The van der Waals surface area contributed by atoms with Gasteiger partial charge in [0.25, 0.3) is 0 Å². The van der Waals surface area contributed by atoms with Crippen molar-refractivity contribution in [1.29, 1.82) is 0 Å². The van der Waals surface area contributed by atoms with Crippen LogP contribution in [0.1, 0.15) is 117 Å². The van der Waals surface area contributed by atoms with Crippen LogP contribution >= 0.6 is 0 Å². The van der Waals surface area contributed by atoms with Crippen LogP contribution in [-0.4, -0.2) is 11.9 Å². The number of ether oxygens (including phenoxy) is 1. The van der Waals surface area contributed by atoms with Crippen LogP contribution in [0.4, 0.5) is 0 Å². The number of cyclic esters (lactones) is 2. The fraction of sp³-hybridized carbons (Fsp3) is 0.909. The summed E-state index contributed by atoms with van der Waals surface area (Å²) in [5.74, 6) is -0.395. The van der Waals surface area contributed by atoms with Gasteiger partial charge in [-0.25, -0.2) is 0 Å². The Morgan fingerprint density at radius 2 is 1.20 bits per heavy atom. The van der Waals surface area contributed by atoms with E-state index in [2.05, 4.69) is 13.8 Å². The minimum Gasteiger partial charge on any atom is -0.393 e. The van der Waals surface area contributed by atoms with E-state index in [0.717, 1.165) is 12.8 Å². The van der Waals surface area contributed by atoms with E-state index < -0.39 is 0 Å². The van der Waals surface area contributed by atoms with Crippen LogP contribution in [0.25, 0.3) is 0 Å². The minimum atomic E-state index is -0.318. The Hall–Kier alpha value is -0.860. The highest BCUT2D eigenvalue weighted by Crippen LogP contribution is 2.32. The molecule has 0 saturated carbocycles. The second-order valence-corrected chi connectivity index (χ2v) is 7.83. The molecule has 0 aliphatic carbocycles. The zero-order chi connectivity index (χ0) is 18.3. The molecule has 0 bridgehead atoms. The lowest BCUT2D eigenvalue weighted by Gasteiger charge is -2.20. The van der Waals surface area contributed by atoms with Crippen molar-refractivity contribution in [3.05, 3.63) is 0 Å². The molecule has 0 radical (unpaired) electrons. The maximum absolute atomic E-state index is 12.0. The van der Waals surface area contributed by atoms with Gasteiger partial charge < -0.3 is 4.74 Å². The van der Waals surface area contributed by atoms with E-state index in [1.807, 2.05) is 0 Å². The molecule has 0 spiro atoms.